The number of methoxy groups -OCH3 is 1. The molecule has 4 N–H and O–H groups in total. The molecule has 8 nitrogen and oxygen atoms in total. The van der Waals surface area contributed by atoms with Gasteiger partial charge in [0.05, 0.1) is 24.7 Å². The SMILES string of the molecule is COc1cccc(C2C(C#N)=C(N)N(NC(=O)c3ccc(O)cc3)C3=C2C(=O)CCC3)c1. The number of Topliss-reactive ketones (excluding diaryl/α,β-unsaturated/α-hetero) is 1. The van der Waals surface area contributed by atoms with Crippen LogP contribution < -0.4 is 15.9 Å². The normalized spacial score (nSPS) is 18.2. The van der Waals surface area contributed by atoms with Gasteiger partial charge in [-0.3, -0.25) is 15.0 Å². The second-order valence-corrected chi connectivity index (χ2v) is 7.58. The number of amides is 1. The van der Waals surface area contributed by atoms with Crippen molar-refractivity contribution in [2.45, 2.75) is 25.2 Å². The fourth-order valence-electron chi connectivity index (χ4n) is 4.15. The van der Waals surface area contributed by atoms with E-state index in [1.807, 2.05) is 6.07 Å². The lowest BCUT2D eigenvalue weighted by molar-refractivity contribution is -0.116. The van der Waals surface area contributed by atoms with Crippen LogP contribution in [0, 0.1) is 11.3 Å². The van der Waals surface area contributed by atoms with Crippen molar-refractivity contribution in [3.8, 4) is 17.6 Å². The number of nitrogens with zero attached hydrogens (tertiary/aromatic N) is 2. The number of carbonyl (C=O) groups is 2. The van der Waals surface area contributed by atoms with Gasteiger partial charge in [-0.2, -0.15) is 5.26 Å². The summed E-state index contributed by atoms with van der Waals surface area (Å²) in [6.07, 6.45) is 1.50. The molecule has 1 atom stereocenters. The molecule has 2 aliphatic rings. The third kappa shape index (κ3) is 3.65. The number of phenols is 1. The number of aromatic hydroxyl groups is 1. The lowest BCUT2D eigenvalue weighted by Crippen LogP contribution is -2.48. The zero-order valence-electron chi connectivity index (χ0n) is 17.5. The molecule has 0 aromatic heterocycles. The fraction of sp³-hybridized carbons (Fsp3) is 0.208. The summed E-state index contributed by atoms with van der Waals surface area (Å²) in [6, 6.07) is 15.1. The highest BCUT2D eigenvalue weighted by molar-refractivity contribution is 6.00. The van der Waals surface area contributed by atoms with Gasteiger partial charge in [-0.15, -0.1) is 0 Å². The molecule has 0 saturated heterocycles. The Morgan fingerprint density at radius 1 is 1.25 bits per heavy atom. The molecule has 1 heterocycles. The van der Waals surface area contributed by atoms with Crippen LogP contribution in [0.3, 0.4) is 0 Å². The highest BCUT2D eigenvalue weighted by Crippen LogP contribution is 2.44. The van der Waals surface area contributed by atoms with Gasteiger partial charge in [0.25, 0.3) is 5.91 Å². The van der Waals surface area contributed by atoms with Crippen LogP contribution in [0.4, 0.5) is 0 Å². The van der Waals surface area contributed by atoms with E-state index in [4.69, 9.17) is 10.5 Å². The Morgan fingerprint density at radius 2 is 2.00 bits per heavy atom. The van der Waals surface area contributed by atoms with Gasteiger partial charge in [0.1, 0.15) is 17.3 Å². The molecule has 0 saturated carbocycles. The molecule has 2 aromatic rings. The number of hydrogen-bond acceptors (Lipinski definition) is 7. The van der Waals surface area contributed by atoms with Gasteiger partial charge in [-0.1, -0.05) is 12.1 Å². The number of ketones is 1. The predicted molar refractivity (Wildman–Crippen MR) is 116 cm³/mol. The number of phenolic OH excluding ortho intramolecular Hbond substituents is 1. The Kier molecular flexibility index (Phi) is 5.56. The summed E-state index contributed by atoms with van der Waals surface area (Å²) in [6.45, 7) is 0. The van der Waals surface area contributed by atoms with E-state index in [2.05, 4.69) is 11.5 Å². The average Bonchev–Trinajstić information content (AvgIpc) is 2.81. The Labute approximate surface area is 185 Å². The number of allylic oxidation sites excluding steroid dienone is 3. The van der Waals surface area contributed by atoms with E-state index in [-0.39, 0.29) is 22.9 Å². The number of nitriles is 1. The Bertz CT molecular complexity index is 1190. The van der Waals surface area contributed by atoms with Crippen LogP contribution in [0.1, 0.15) is 41.1 Å². The molecule has 1 aliphatic carbocycles. The maximum atomic E-state index is 13.0. The Hall–Kier alpha value is -4.25. The topological polar surface area (TPSA) is 129 Å². The summed E-state index contributed by atoms with van der Waals surface area (Å²) in [5, 5.41) is 20.8. The van der Waals surface area contributed by atoms with Crippen LogP contribution in [-0.2, 0) is 4.79 Å². The number of carbonyl (C=O) groups excluding carboxylic acids is 2. The standard InChI is InChI=1S/C24H22N4O4/c1-32-17-5-2-4-15(12-17)21-18(13-25)23(26)28(19-6-3-7-20(30)22(19)21)27-24(31)14-8-10-16(29)11-9-14/h2,4-5,8-12,21,29H,3,6-7,26H2,1H3,(H,27,31). The van der Waals surface area contributed by atoms with Crippen LogP contribution in [0.2, 0.25) is 0 Å². The van der Waals surface area contributed by atoms with E-state index in [0.717, 1.165) is 5.56 Å². The van der Waals surface area contributed by atoms with E-state index in [9.17, 15) is 20.0 Å². The Morgan fingerprint density at radius 3 is 2.69 bits per heavy atom. The predicted octanol–water partition coefficient (Wildman–Crippen LogP) is 2.85. The van der Waals surface area contributed by atoms with E-state index in [0.29, 0.717) is 41.8 Å². The molecule has 32 heavy (non-hydrogen) atoms. The number of rotatable bonds is 4. The molecule has 1 aliphatic heterocycles. The summed E-state index contributed by atoms with van der Waals surface area (Å²) in [5.74, 6) is -0.486. The molecule has 0 spiro atoms. The minimum Gasteiger partial charge on any atom is -0.508 e. The van der Waals surface area contributed by atoms with Gasteiger partial charge in [-0.05, 0) is 54.8 Å². The van der Waals surface area contributed by atoms with Gasteiger partial charge in [0.15, 0.2) is 5.78 Å². The smallest absolute Gasteiger partial charge is 0.270 e. The van der Waals surface area contributed by atoms with Crippen LogP contribution in [0.25, 0.3) is 0 Å². The summed E-state index contributed by atoms with van der Waals surface area (Å²) < 4.78 is 5.32. The minimum atomic E-state index is -0.639. The molecule has 0 fully saturated rings. The average molecular weight is 430 g/mol. The number of nitrogens with one attached hydrogen (secondary N) is 1. The van der Waals surface area contributed by atoms with E-state index < -0.39 is 11.8 Å². The largest absolute Gasteiger partial charge is 0.508 e. The van der Waals surface area contributed by atoms with Crippen LogP contribution in [-0.4, -0.2) is 28.9 Å². The van der Waals surface area contributed by atoms with Gasteiger partial charge in [-0.25, -0.2) is 5.01 Å². The van der Waals surface area contributed by atoms with Crippen molar-refractivity contribution in [1.29, 1.82) is 5.26 Å². The number of nitrogens with two attached hydrogens (primary N) is 1. The third-order valence-electron chi connectivity index (χ3n) is 5.68. The molecule has 8 heteroatoms. The maximum Gasteiger partial charge on any atom is 0.270 e. The first-order valence-corrected chi connectivity index (χ1v) is 10.1. The summed E-state index contributed by atoms with van der Waals surface area (Å²) in [4.78, 5) is 25.9. The Balaban J connectivity index is 1.80. The summed E-state index contributed by atoms with van der Waals surface area (Å²) in [7, 11) is 1.55. The highest BCUT2D eigenvalue weighted by Gasteiger charge is 2.40. The number of hydrazine groups is 1. The number of ether oxygens (including phenoxy) is 1. The molecule has 4 rings (SSSR count). The highest BCUT2D eigenvalue weighted by atomic mass is 16.5. The van der Waals surface area contributed by atoms with Crippen molar-refractivity contribution in [2.75, 3.05) is 7.11 Å². The molecule has 162 valence electrons. The third-order valence-corrected chi connectivity index (χ3v) is 5.68. The molecule has 1 unspecified atom stereocenters. The summed E-state index contributed by atoms with van der Waals surface area (Å²) in [5.41, 5.74) is 11.4. The van der Waals surface area contributed by atoms with Crippen LogP contribution in [0.5, 0.6) is 11.5 Å². The first-order chi connectivity index (χ1) is 15.4. The first kappa shape index (κ1) is 21.0. The zero-order chi connectivity index (χ0) is 22.8. The van der Waals surface area contributed by atoms with Crippen molar-refractivity contribution in [1.82, 2.24) is 10.4 Å². The maximum absolute atomic E-state index is 13.0. The van der Waals surface area contributed by atoms with Crippen molar-refractivity contribution in [2.24, 2.45) is 5.73 Å². The van der Waals surface area contributed by atoms with Crippen LogP contribution >= 0.6 is 0 Å². The van der Waals surface area contributed by atoms with Crippen molar-refractivity contribution < 1.29 is 19.4 Å². The molecule has 0 bridgehead atoms. The first-order valence-electron chi connectivity index (χ1n) is 10.1. The van der Waals surface area contributed by atoms with Gasteiger partial charge < -0.3 is 15.6 Å². The second kappa shape index (κ2) is 8.47. The zero-order valence-corrected chi connectivity index (χ0v) is 17.5. The number of hydrogen-bond donors (Lipinski definition) is 3. The van der Waals surface area contributed by atoms with E-state index >= 15 is 0 Å². The summed E-state index contributed by atoms with van der Waals surface area (Å²) >= 11 is 0. The molecular formula is C24H22N4O4. The fourth-order valence-corrected chi connectivity index (χ4v) is 4.15. The van der Waals surface area contributed by atoms with Gasteiger partial charge in [0, 0.05) is 23.3 Å². The molecular weight excluding hydrogens is 408 g/mol. The molecule has 1 amide bonds. The van der Waals surface area contributed by atoms with Crippen LogP contribution in [0.15, 0.2) is 71.2 Å². The van der Waals surface area contributed by atoms with Crippen molar-refractivity contribution >= 4 is 11.7 Å². The van der Waals surface area contributed by atoms with Crippen molar-refractivity contribution in [3.05, 3.63) is 82.3 Å². The lowest BCUT2D eigenvalue weighted by Gasteiger charge is -2.39. The number of benzene rings is 2. The van der Waals surface area contributed by atoms with Gasteiger partial charge >= 0.3 is 0 Å². The second-order valence-electron chi connectivity index (χ2n) is 7.58. The molecule has 2 aromatic carbocycles. The quantitative estimate of drug-likeness (QED) is 0.680. The van der Waals surface area contributed by atoms with E-state index in [1.165, 1.54) is 29.3 Å². The van der Waals surface area contributed by atoms with E-state index in [1.54, 1.807) is 25.3 Å². The van der Waals surface area contributed by atoms with Gasteiger partial charge in [0.2, 0.25) is 0 Å². The molecule has 0 radical (unpaired) electrons. The monoisotopic (exact) mass is 430 g/mol. The minimum absolute atomic E-state index is 0.0368. The lowest BCUT2D eigenvalue weighted by atomic mass is 9.76. The van der Waals surface area contributed by atoms with Crippen molar-refractivity contribution in [3.63, 3.8) is 0 Å².